The minimum atomic E-state index is -0.573. The predicted octanol–water partition coefficient (Wildman–Crippen LogP) is 1.96. The van der Waals surface area contributed by atoms with Gasteiger partial charge in [0, 0.05) is 35.5 Å². The lowest BCUT2D eigenvalue weighted by molar-refractivity contribution is 0.0303. The molecule has 1 amide bonds. The topological polar surface area (TPSA) is 108 Å². The normalized spacial score (nSPS) is 12.6. The molecule has 0 spiro atoms. The minimum absolute atomic E-state index is 0.00558. The third-order valence-electron chi connectivity index (χ3n) is 5.16. The number of aromatic amines is 1. The summed E-state index contributed by atoms with van der Waals surface area (Å²) >= 11 is 0. The van der Waals surface area contributed by atoms with Crippen molar-refractivity contribution < 1.29 is 14.6 Å². The minimum Gasteiger partial charge on any atom is -0.502 e. The van der Waals surface area contributed by atoms with Gasteiger partial charge in [0.15, 0.2) is 0 Å². The van der Waals surface area contributed by atoms with Crippen molar-refractivity contribution in [1.82, 2.24) is 14.9 Å². The monoisotopic (exact) mass is 454 g/mol. The van der Waals surface area contributed by atoms with Crippen LogP contribution in [0.5, 0.6) is 5.75 Å². The van der Waals surface area contributed by atoms with Crippen LogP contribution in [0.15, 0.2) is 59.7 Å². The van der Waals surface area contributed by atoms with Crippen molar-refractivity contribution in [1.29, 1.82) is 0 Å². The number of benzene rings is 2. The molecule has 1 saturated heterocycles. The first-order valence-corrected chi connectivity index (χ1v) is 10.7. The number of rotatable bonds is 4. The van der Waals surface area contributed by atoms with Crippen molar-refractivity contribution in [3.63, 3.8) is 0 Å². The van der Waals surface area contributed by atoms with Crippen LogP contribution in [-0.4, -0.2) is 52.2 Å². The number of H-pyrrole nitrogens is 1. The highest BCUT2D eigenvalue weighted by atomic mass is 16.5. The van der Waals surface area contributed by atoms with E-state index in [0.717, 1.165) is 16.8 Å². The van der Waals surface area contributed by atoms with E-state index in [9.17, 15) is 14.7 Å². The first-order valence-electron chi connectivity index (χ1n) is 10.7. The second kappa shape index (κ2) is 10.9. The summed E-state index contributed by atoms with van der Waals surface area (Å²) in [6.45, 7) is 2.59. The summed E-state index contributed by atoms with van der Waals surface area (Å²) in [6.07, 6.45) is 1.25. The van der Waals surface area contributed by atoms with Gasteiger partial charge in [-0.1, -0.05) is 11.8 Å². The van der Waals surface area contributed by atoms with Crippen molar-refractivity contribution in [2.45, 2.75) is 6.54 Å². The van der Waals surface area contributed by atoms with E-state index in [-0.39, 0.29) is 18.1 Å². The zero-order valence-electron chi connectivity index (χ0n) is 18.3. The number of carbonyl (C=O) groups excluding carboxylic acids is 1. The van der Waals surface area contributed by atoms with Crippen LogP contribution < -0.4 is 10.9 Å². The maximum absolute atomic E-state index is 12.5. The van der Waals surface area contributed by atoms with Gasteiger partial charge < -0.3 is 25.0 Å². The van der Waals surface area contributed by atoms with Crippen LogP contribution in [0.1, 0.15) is 27.2 Å². The van der Waals surface area contributed by atoms with E-state index >= 15 is 0 Å². The standard InChI is InChI=1S/C26H22N4O4/c31-24-23(28-18-29-25(24)32)17-27-22-11-7-20(8-12-22)4-2-1-3-19-5-9-21(10-6-19)26(33)30-13-15-34-16-14-30/h5-12,18,27,31H,13-17H2,(H,28,29,32). The molecule has 0 saturated carbocycles. The number of anilines is 1. The average Bonchev–Trinajstić information content (AvgIpc) is 2.89. The van der Waals surface area contributed by atoms with Crippen LogP contribution in [-0.2, 0) is 11.3 Å². The Bertz CT molecular complexity index is 1330. The average molecular weight is 454 g/mol. The number of hydrogen-bond acceptors (Lipinski definition) is 6. The number of nitrogens with zero attached hydrogens (tertiary/aromatic N) is 2. The summed E-state index contributed by atoms with van der Waals surface area (Å²) in [4.78, 5) is 31.9. The highest BCUT2D eigenvalue weighted by Crippen LogP contribution is 2.13. The number of nitrogens with one attached hydrogen (secondary N) is 2. The number of amides is 1. The molecule has 1 aliphatic rings. The smallest absolute Gasteiger partial charge is 0.293 e. The zero-order chi connectivity index (χ0) is 23.8. The number of aromatic hydroxyl groups is 1. The van der Waals surface area contributed by atoms with E-state index in [4.69, 9.17) is 4.74 Å². The lowest BCUT2D eigenvalue weighted by Crippen LogP contribution is -2.40. The molecule has 4 rings (SSSR count). The molecule has 8 heteroatoms. The van der Waals surface area contributed by atoms with Gasteiger partial charge in [0.05, 0.1) is 26.1 Å². The third-order valence-corrected chi connectivity index (χ3v) is 5.16. The molecule has 0 atom stereocenters. The Labute approximate surface area is 196 Å². The lowest BCUT2D eigenvalue weighted by atomic mass is 10.1. The van der Waals surface area contributed by atoms with Gasteiger partial charge in [-0.05, 0) is 60.4 Å². The van der Waals surface area contributed by atoms with Gasteiger partial charge in [-0.3, -0.25) is 9.59 Å². The number of morpholine rings is 1. The van der Waals surface area contributed by atoms with E-state index in [1.165, 1.54) is 6.33 Å². The Morgan fingerprint density at radius 1 is 1.03 bits per heavy atom. The SMILES string of the molecule is O=C(c1ccc(C#CC#Cc2ccc(NCc3nc[nH]c(=O)c3O)cc2)cc1)N1CCOCC1. The maximum atomic E-state index is 12.5. The van der Waals surface area contributed by atoms with Crippen LogP contribution in [0.3, 0.4) is 0 Å². The molecule has 170 valence electrons. The molecule has 34 heavy (non-hydrogen) atoms. The van der Waals surface area contributed by atoms with Crippen molar-refractivity contribution >= 4 is 11.6 Å². The van der Waals surface area contributed by atoms with Gasteiger partial charge >= 0.3 is 0 Å². The molecule has 1 aliphatic heterocycles. The summed E-state index contributed by atoms with van der Waals surface area (Å²) in [7, 11) is 0. The third kappa shape index (κ3) is 5.83. The molecular weight excluding hydrogens is 432 g/mol. The summed E-state index contributed by atoms with van der Waals surface area (Å²) in [5.41, 5.74) is 2.70. The molecule has 2 aromatic carbocycles. The number of hydrogen-bond donors (Lipinski definition) is 3. The van der Waals surface area contributed by atoms with Gasteiger partial charge in [-0.25, -0.2) is 4.98 Å². The predicted molar refractivity (Wildman–Crippen MR) is 127 cm³/mol. The van der Waals surface area contributed by atoms with E-state index in [1.807, 2.05) is 36.4 Å². The Hall–Kier alpha value is -4.53. The first kappa shape index (κ1) is 22.7. The van der Waals surface area contributed by atoms with Crippen molar-refractivity contribution in [2.75, 3.05) is 31.6 Å². The second-order valence-electron chi connectivity index (χ2n) is 7.44. The second-order valence-corrected chi connectivity index (χ2v) is 7.44. The molecule has 0 bridgehead atoms. The van der Waals surface area contributed by atoms with Gasteiger partial charge in [-0.2, -0.15) is 0 Å². The molecule has 1 aromatic heterocycles. The molecule has 8 nitrogen and oxygen atoms in total. The van der Waals surface area contributed by atoms with Gasteiger partial charge in [0.1, 0.15) is 5.69 Å². The fraction of sp³-hybridized carbons (Fsp3) is 0.192. The molecule has 0 radical (unpaired) electrons. The first-order chi connectivity index (χ1) is 16.6. The molecule has 1 fully saturated rings. The number of aromatic nitrogens is 2. The highest BCUT2D eigenvalue weighted by molar-refractivity contribution is 5.94. The van der Waals surface area contributed by atoms with Crippen LogP contribution in [0, 0.1) is 23.7 Å². The van der Waals surface area contributed by atoms with Crippen molar-refractivity contribution in [3.8, 4) is 29.4 Å². The zero-order valence-corrected chi connectivity index (χ0v) is 18.3. The summed E-state index contributed by atoms with van der Waals surface area (Å²) in [5.74, 6) is 11.2. The number of ether oxygens (including phenoxy) is 1. The van der Waals surface area contributed by atoms with Crippen molar-refractivity contribution in [3.05, 3.63) is 87.6 Å². The van der Waals surface area contributed by atoms with Crippen LogP contribution >= 0.6 is 0 Å². The molecule has 3 N–H and O–H groups in total. The van der Waals surface area contributed by atoms with Crippen LogP contribution in [0.2, 0.25) is 0 Å². The van der Waals surface area contributed by atoms with Crippen molar-refractivity contribution in [2.24, 2.45) is 0 Å². The summed E-state index contributed by atoms with van der Waals surface area (Å²) < 4.78 is 5.28. The molecule has 2 heterocycles. The lowest BCUT2D eigenvalue weighted by Gasteiger charge is -2.26. The Morgan fingerprint density at radius 3 is 2.29 bits per heavy atom. The molecule has 0 aliphatic carbocycles. The summed E-state index contributed by atoms with van der Waals surface area (Å²) in [5, 5.41) is 12.8. The number of carbonyl (C=O) groups is 1. The van der Waals surface area contributed by atoms with Gasteiger partial charge in [-0.15, -0.1) is 0 Å². The van der Waals surface area contributed by atoms with E-state index in [0.29, 0.717) is 31.9 Å². The van der Waals surface area contributed by atoms with E-state index in [2.05, 4.69) is 39.0 Å². The van der Waals surface area contributed by atoms with E-state index in [1.54, 1.807) is 17.0 Å². The van der Waals surface area contributed by atoms with Crippen LogP contribution in [0.25, 0.3) is 0 Å². The van der Waals surface area contributed by atoms with Gasteiger partial charge in [0.25, 0.3) is 11.5 Å². The largest absolute Gasteiger partial charge is 0.502 e. The van der Waals surface area contributed by atoms with Gasteiger partial charge in [0.2, 0.25) is 5.75 Å². The Kier molecular flexibility index (Phi) is 7.24. The molecule has 0 unspecified atom stereocenters. The molecular formula is C26H22N4O4. The van der Waals surface area contributed by atoms with E-state index < -0.39 is 11.3 Å². The quantitative estimate of drug-likeness (QED) is 0.521. The molecule has 3 aromatic rings. The summed E-state index contributed by atoms with van der Waals surface area (Å²) in [6, 6.07) is 14.6. The maximum Gasteiger partial charge on any atom is 0.293 e. The Balaban J connectivity index is 1.31. The fourth-order valence-electron chi connectivity index (χ4n) is 3.27. The van der Waals surface area contributed by atoms with Crippen LogP contribution in [0.4, 0.5) is 5.69 Å². The Morgan fingerprint density at radius 2 is 1.65 bits per heavy atom. The fourth-order valence-corrected chi connectivity index (χ4v) is 3.27. The highest BCUT2D eigenvalue weighted by Gasteiger charge is 2.18.